The Morgan fingerprint density at radius 2 is 2.45 bits per heavy atom. The van der Waals surface area contributed by atoms with Crippen molar-refractivity contribution in [3.05, 3.63) is 29.0 Å². The van der Waals surface area contributed by atoms with Crippen LogP contribution < -0.4 is 5.73 Å². The maximum absolute atomic E-state index is 8.70. The molecule has 3 N–H and O–H groups in total. The SMILES string of the molecule is N[C@H](CO)c1cccnc1Cl. The zero-order valence-electron chi connectivity index (χ0n) is 5.87. The highest BCUT2D eigenvalue weighted by Gasteiger charge is 2.07. The number of nitrogens with zero attached hydrogens (tertiary/aromatic N) is 1. The van der Waals surface area contributed by atoms with Crippen molar-refractivity contribution in [3.8, 4) is 0 Å². The summed E-state index contributed by atoms with van der Waals surface area (Å²) in [5.41, 5.74) is 6.20. The highest BCUT2D eigenvalue weighted by atomic mass is 35.5. The Morgan fingerprint density at radius 3 is 3.00 bits per heavy atom. The lowest BCUT2D eigenvalue weighted by molar-refractivity contribution is 0.268. The Balaban J connectivity index is 2.93. The third kappa shape index (κ3) is 1.89. The standard InChI is InChI=1S/C7H9ClN2O/c8-7-5(6(9)4-11)2-1-3-10-7/h1-3,6,11H,4,9H2/t6-/m1/s1. The van der Waals surface area contributed by atoms with Crippen LogP contribution in [0.5, 0.6) is 0 Å². The monoisotopic (exact) mass is 172 g/mol. The summed E-state index contributed by atoms with van der Waals surface area (Å²) in [5.74, 6) is 0. The molecule has 4 heteroatoms. The largest absolute Gasteiger partial charge is 0.394 e. The third-order valence-corrected chi connectivity index (χ3v) is 1.70. The number of aliphatic hydroxyl groups is 1. The van der Waals surface area contributed by atoms with E-state index < -0.39 is 6.04 Å². The Hall–Kier alpha value is -0.640. The van der Waals surface area contributed by atoms with Gasteiger partial charge in [-0.25, -0.2) is 4.98 Å². The van der Waals surface area contributed by atoms with Crippen molar-refractivity contribution in [2.45, 2.75) is 6.04 Å². The van der Waals surface area contributed by atoms with Crippen LogP contribution in [0.2, 0.25) is 5.15 Å². The molecule has 1 atom stereocenters. The first-order valence-electron chi connectivity index (χ1n) is 3.22. The summed E-state index contributed by atoms with van der Waals surface area (Å²) in [7, 11) is 0. The van der Waals surface area contributed by atoms with Crippen molar-refractivity contribution in [2.24, 2.45) is 5.73 Å². The molecule has 0 amide bonds. The lowest BCUT2D eigenvalue weighted by Crippen LogP contribution is -2.15. The van der Waals surface area contributed by atoms with E-state index in [2.05, 4.69) is 4.98 Å². The lowest BCUT2D eigenvalue weighted by Gasteiger charge is -2.08. The number of halogens is 1. The van der Waals surface area contributed by atoms with Crippen LogP contribution in [0.15, 0.2) is 18.3 Å². The molecule has 1 aromatic rings. The minimum Gasteiger partial charge on any atom is -0.394 e. The van der Waals surface area contributed by atoms with Crippen molar-refractivity contribution in [1.29, 1.82) is 0 Å². The Labute approximate surface area is 69.8 Å². The predicted octanol–water partition coefficient (Wildman–Crippen LogP) is 0.727. The number of hydrogen-bond donors (Lipinski definition) is 2. The smallest absolute Gasteiger partial charge is 0.133 e. The van der Waals surface area contributed by atoms with Gasteiger partial charge in [-0.3, -0.25) is 0 Å². The molecule has 0 saturated carbocycles. The molecule has 1 rings (SSSR count). The van der Waals surface area contributed by atoms with E-state index >= 15 is 0 Å². The van der Waals surface area contributed by atoms with Gasteiger partial charge in [0, 0.05) is 11.8 Å². The topological polar surface area (TPSA) is 59.1 Å². The lowest BCUT2D eigenvalue weighted by atomic mass is 10.1. The molecule has 0 fully saturated rings. The Kier molecular flexibility index (Phi) is 2.82. The normalized spacial score (nSPS) is 13.0. The van der Waals surface area contributed by atoms with E-state index in [1.54, 1.807) is 18.3 Å². The first-order chi connectivity index (χ1) is 5.25. The van der Waals surface area contributed by atoms with Crippen LogP contribution in [0.25, 0.3) is 0 Å². The summed E-state index contributed by atoms with van der Waals surface area (Å²) in [6, 6.07) is 3.05. The average Bonchev–Trinajstić information content (AvgIpc) is 2.04. The molecule has 0 aliphatic heterocycles. The molecule has 1 heterocycles. The summed E-state index contributed by atoms with van der Waals surface area (Å²) in [4.78, 5) is 3.82. The van der Waals surface area contributed by atoms with Gasteiger partial charge in [0.15, 0.2) is 0 Å². The molecule has 60 valence electrons. The molecule has 0 aliphatic rings. The van der Waals surface area contributed by atoms with E-state index in [9.17, 15) is 0 Å². The quantitative estimate of drug-likeness (QED) is 0.647. The van der Waals surface area contributed by atoms with Gasteiger partial charge in [0.2, 0.25) is 0 Å². The van der Waals surface area contributed by atoms with Gasteiger partial charge in [-0.1, -0.05) is 17.7 Å². The van der Waals surface area contributed by atoms with Gasteiger partial charge >= 0.3 is 0 Å². The number of aliphatic hydroxyl groups excluding tert-OH is 1. The van der Waals surface area contributed by atoms with Gasteiger partial charge in [-0.05, 0) is 6.07 Å². The van der Waals surface area contributed by atoms with Crippen LogP contribution in [-0.2, 0) is 0 Å². The van der Waals surface area contributed by atoms with E-state index in [4.69, 9.17) is 22.4 Å². The van der Waals surface area contributed by atoms with Crippen LogP contribution in [0.4, 0.5) is 0 Å². The van der Waals surface area contributed by atoms with E-state index in [0.717, 1.165) is 0 Å². The molecule has 0 radical (unpaired) electrons. The summed E-state index contributed by atoms with van der Waals surface area (Å²) in [6.45, 7) is -0.120. The number of hydrogen-bond acceptors (Lipinski definition) is 3. The van der Waals surface area contributed by atoms with Crippen molar-refractivity contribution < 1.29 is 5.11 Å². The van der Waals surface area contributed by atoms with E-state index in [0.29, 0.717) is 10.7 Å². The molecule has 11 heavy (non-hydrogen) atoms. The van der Waals surface area contributed by atoms with Crippen molar-refractivity contribution in [1.82, 2.24) is 4.98 Å². The maximum Gasteiger partial charge on any atom is 0.133 e. The highest BCUT2D eigenvalue weighted by Crippen LogP contribution is 2.17. The summed E-state index contributed by atoms with van der Waals surface area (Å²) < 4.78 is 0. The van der Waals surface area contributed by atoms with Gasteiger partial charge in [-0.15, -0.1) is 0 Å². The number of pyridine rings is 1. The maximum atomic E-state index is 8.70. The van der Waals surface area contributed by atoms with Crippen LogP contribution in [-0.4, -0.2) is 16.7 Å². The van der Waals surface area contributed by atoms with Gasteiger partial charge in [0.25, 0.3) is 0 Å². The van der Waals surface area contributed by atoms with Gasteiger partial charge < -0.3 is 10.8 Å². The second kappa shape index (κ2) is 3.67. The molecule has 0 aliphatic carbocycles. The molecule has 0 bridgehead atoms. The van der Waals surface area contributed by atoms with Crippen molar-refractivity contribution >= 4 is 11.6 Å². The first kappa shape index (κ1) is 8.46. The summed E-state index contributed by atoms with van der Waals surface area (Å²) >= 11 is 5.70. The number of nitrogens with two attached hydrogens (primary N) is 1. The van der Waals surface area contributed by atoms with E-state index in [-0.39, 0.29) is 6.61 Å². The Bertz CT molecular complexity index is 242. The van der Waals surface area contributed by atoms with Crippen LogP contribution in [0, 0.1) is 0 Å². The zero-order valence-corrected chi connectivity index (χ0v) is 6.62. The van der Waals surface area contributed by atoms with E-state index in [1.807, 2.05) is 0 Å². The van der Waals surface area contributed by atoms with Crippen molar-refractivity contribution in [3.63, 3.8) is 0 Å². The van der Waals surface area contributed by atoms with Gasteiger partial charge in [0.05, 0.1) is 12.6 Å². The zero-order chi connectivity index (χ0) is 8.27. The third-order valence-electron chi connectivity index (χ3n) is 1.38. The minimum atomic E-state index is -0.434. The van der Waals surface area contributed by atoms with Crippen molar-refractivity contribution in [2.75, 3.05) is 6.61 Å². The minimum absolute atomic E-state index is 0.120. The molecular formula is C7H9ClN2O. The fourth-order valence-corrected chi connectivity index (χ4v) is 1.03. The molecule has 0 saturated heterocycles. The molecule has 0 spiro atoms. The molecular weight excluding hydrogens is 164 g/mol. The van der Waals surface area contributed by atoms with Gasteiger partial charge in [-0.2, -0.15) is 0 Å². The van der Waals surface area contributed by atoms with Crippen LogP contribution in [0.1, 0.15) is 11.6 Å². The summed E-state index contributed by atoms with van der Waals surface area (Å²) in [6.07, 6.45) is 1.58. The second-order valence-corrected chi connectivity index (χ2v) is 2.53. The Morgan fingerprint density at radius 1 is 1.73 bits per heavy atom. The number of aromatic nitrogens is 1. The van der Waals surface area contributed by atoms with Crippen LogP contribution in [0.3, 0.4) is 0 Å². The molecule has 1 aromatic heterocycles. The molecule has 0 unspecified atom stereocenters. The summed E-state index contributed by atoms with van der Waals surface area (Å²) in [5, 5.41) is 9.06. The fraction of sp³-hybridized carbons (Fsp3) is 0.286. The molecule has 0 aromatic carbocycles. The van der Waals surface area contributed by atoms with Gasteiger partial charge in [0.1, 0.15) is 5.15 Å². The predicted molar refractivity (Wildman–Crippen MR) is 43.3 cm³/mol. The highest BCUT2D eigenvalue weighted by molar-refractivity contribution is 6.30. The molecule has 3 nitrogen and oxygen atoms in total. The average molecular weight is 173 g/mol. The van der Waals surface area contributed by atoms with E-state index in [1.165, 1.54) is 0 Å². The van der Waals surface area contributed by atoms with Crippen LogP contribution >= 0.6 is 11.6 Å². The number of rotatable bonds is 2. The second-order valence-electron chi connectivity index (χ2n) is 2.17. The first-order valence-corrected chi connectivity index (χ1v) is 3.60. The fourth-order valence-electron chi connectivity index (χ4n) is 0.773.